The van der Waals surface area contributed by atoms with Crippen LogP contribution in [-0.2, 0) is 19.3 Å². The Balaban J connectivity index is 1.69. The Morgan fingerprint density at radius 3 is 2.19 bits per heavy atom. The van der Waals surface area contributed by atoms with Gasteiger partial charge < -0.3 is 0 Å². The molecule has 0 heterocycles. The standard InChI is InChI=1S/C28H26F4/c1-3-5-6-17-7-11-21(25(29)15-17)19-9-12-22-20(16-19)10-14-23(27(22)31)24-13-8-18(4-2)26(30)28(24)32/h7-8,10-11,13-16H,3-6,9,12H2,1-2H3. The van der Waals surface area contributed by atoms with E-state index >= 15 is 4.39 Å². The van der Waals surface area contributed by atoms with E-state index in [1.54, 1.807) is 31.2 Å². The number of halogens is 4. The molecule has 0 bridgehead atoms. The third kappa shape index (κ3) is 4.11. The van der Waals surface area contributed by atoms with Crippen molar-refractivity contribution >= 4 is 11.6 Å². The van der Waals surface area contributed by atoms with Gasteiger partial charge in [0, 0.05) is 16.7 Å². The monoisotopic (exact) mass is 438 g/mol. The van der Waals surface area contributed by atoms with Crippen LogP contribution in [-0.4, -0.2) is 0 Å². The second-order valence-electron chi connectivity index (χ2n) is 8.34. The summed E-state index contributed by atoms with van der Waals surface area (Å²) in [5.74, 6) is -2.77. The first-order chi connectivity index (χ1) is 15.4. The van der Waals surface area contributed by atoms with Crippen molar-refractivity contribution in [3.8, 4) is 11.1 Å². The summed E-state index contributed by atoms with van der Waals surface area (Å²) in [6.45, 7) is 3.84. The van der Waals surface area contributed by atoms with Crippen molar-refractivity contribution in [2.45, 2.75) is 52.4 Å². The van der Waals surface area contributed by atoms with E-state index in [4.69, 9.17) is 0 Å². The van der Waals surface area contributed by atoms with Crippen LogP contribution in [0.25, 0.3) is 22.8 Å². The molecular weight excluding hydrogens is 412 g/mol. The van der Waals surface area contributed by atoms with Crippen LogP contribution in [0.4, 0.5) is 17.6 Å². The van der Waals surface area contributed by atoms with E-state index in [1.807, 2.05) is 6.07 Å². The maximum absolute atomic E-state index is 15.3. The number of allylic oxidation sites excluding steroid dienone is 1. The van der Waals surface area contributed by atoms with Crippen molar-refractivity contribution in [3.05, 3.63) is 93.6 Å². The molecule has 0 nitrogen and oxygen atoms in total. The topological polar surface area (TPSA) is 0 Å². The fourth-order valence-electron chi connectivity index (χ4n) is 4.39. The minimum Gasteiger partial charge on any atom is -0.206 e. The molecule has 4 heteroatoms. The lowest BCUT2D eigenvalue weighted by atomic mass is 9.86. The Labute approximate surface area is 186 Å². The molecule has 0 unspecified atom stereocenters. The van der Waals surface area contributed by atoms with Crippen molar-refractivity contribution in [2.24, 2.45) is 0 Å². The average molecular weight is 439 g/mol. The van der Waals surface area contributed by atoms with Gasteiger partial charge in [-0.3, -0.25) is 0 Å². The molecular formula is C28H26F4. The van der Waals surface area contributed by atoms with Gasteiger partial charge in [-0.15, -0.1) is 0 Å². The number of aryl methyl sites for hydroxylation is 2. The molecule has 166 valence electrons. The molecule has 0 radical (unpaired) electrons. The summed E-state index contributed by atoms with van der Waals surface area (Å²) in [5, 5.41) is 0. The molecule has 4 rings (SSSR count). The van der Waals surface area contributed by atoms with Gasteiger partial charge in [0.2, 0.25) is 0 Å². The first kappa shape index (κ1) is 22.3. The van der Waals surface area contributed by atoms with Crippen LogP contribution >= 0.6 is 0 Å². The highest BCUT2D eigenvalue weighted by atomic mass is 19.2. The summed E-state index contributed by atoms with van der Waals surface area (Å²) in [7, 11) is 0. The van der Waals surface area contributed by atoms with Gasteiger partial charge in [0.1, 0.15) is 11.6 Å². The zero-order valence-corrected chi connectivity index (χ0v) is 18.4. The molecule has 1 aliphatic carbocycles. The van der Waals surface area contributed by atoms with Crippen molar-refractivity contribution in [2.75, 3.05) is 0 Å². The maximum atomic E-state index is 15.3. The van der Waals surface area contributed by atoms with Crippen LogP contribution in [0.2, 0.25) is 0 Å². The Morgan fingerprint density at radius 1 is 0.750 bits per heavy atom. The van der Waals surface area contributed by atoms with E-state index in [0.717, 1.165) is 30.4 Å². The molecule has 0 fully saturated rings. The third-order valence-corrected chi connectivity index (χ3v) is 6.29. The van der Waals surface area contributed by atoms with Gasteiger partial charge in [0.05, 0.1) is 0 Å². The highest BCUT2D eigenvalue weighted by Crippen LogP contribution is 2.37. The molecule has 0 amide bonds. The lowest BCUT2D eigenvalue weighted by molar-refractivity contribution is 0.501. The van der Waals surface area contributed by atoms with E-state index < -0.39 is 17.5 Å². The van der Waals surface area contributed by atoms with Crippen molar-refractivity contribution < 1.29 is 17.6 Å². The molecule has 0 saturated heterocycles. The molecule has 0 N–H and O–H groups in total. The smallest absolute Gasteiger partial charge is 0.167 e. The molecule has 0 aromatic heterocycles. The molecule has 0 saturated carbocycles. The third-order valence-electron chi connectivity index (χ3n) is 6.29. The van der Waals surface area contributed by atoms with Crippen LogP contribution in [0, 0.1) is 23.3 Å². The zero-order valence-electron chi connectivity index (χ0n) is 18.4. The Morgan fingerprint density at radius 2 is 1.47 bits per heavy atom. The Bertz CT molecular complexity index is 1190. The fraction of sp³-hybridized carbons (Fsp3) is 0.286. The van der Waals surface area contributed by atoms with Gasteiger partial charge in [0.25, 0.3) is 0 Å². The predicted octanol–water partition coefficient (Wildman–Crippen LogP) is 8.30. The van der Waals surface area contributed by atoms with Crippen molar-refractivity contribution in [3.63, 3.8) is 0 Å². The second-order valence-corrected chi connectivity index (χ2v) is 8.34. The van der Waals surface area contributed by atoms with E-state index in [2.05, 4.69) is 6.92 Å². The van der Waals surface area contributed by atoms with Crippen molar-refractivity contribution in [1.82, 2.24) is 0 Å². The highest BCUT2D eigenvalue weighted by molar-refractivity contribution is 5.85. The van der Waals surface area contributed by atoms with Gasteiger partial charge in [-0.25, -0.2) is 17.6 Å². The molecule has 32 heavy (non-hydrogen) atoms. The summed E-state index contributed by atoms with van der Waals surface area (Å²) >= 11 is 0. The van der Waals surface area contributed by atoms with E-state index in [-0.39, 0.29) is 22.5 Å². The maximum Gasteiger partial charge on any atom is 0.167 e. The number of benzene rings is 3. The van der Waals surface area contributed by atoms with E-state index in [1.165, 1.54) is 18.2 Å². The summed E-state index contributed by atoms with van der Waals surface area (Å²) in [4.78, 5) is 0. The number of hydrogen-bond acceptors (Lipinski definition) is 0. The average Bonchev–Trinajstić information content (AvgIpc) is 2.80. The molecule has 1 aliphatic rings. The molecule has 3 aromatic carbocycles. The Kier molecular flexibility index (Phi) is 6.50. The quantitative estimate of drug-likeness (QED) is 0.340. The lowest BCUT2D eigenvalue weighted by Gasteiger charge is -2.20. The minimum atomic E-state index is -1.03. The van der Waals surface area contributed by atoms with Crippen LogP contribution in [0.1, 0.15) is 60.9 Å². The first-order valence-corrected chi connectivity index (χ1v) is 11.2. The second kappa shape index (κ2) is 9.32. The molecule has 0 aliphatic heterocycles. The first-order valence-electron chi connectivity index (χ1n) is 11.2. The van der Waals surface area contributed by atoms with Crippen LogP contribution in [0.15, 0.2) is 42.5 Å². The van der Waals surface area contributed by atoms with Crippen LogP contribution in [0.3, 0.4) is 0 Å². The van der Waals surface area contributed by atoms with E-state index in [9.17, 15) is 13.2 Å². The summed E-state index contributed by atoms with van der Waals surface area (Å²) in [6.07, 6.45) is 5.92. The highest BCUT2D eigenvalue weighted by Gasteiger charge is 2.23. The normalized spacial score (nSPS) is 13.1. The van der Waals surface area contributed by atoms with Gasteiger partial charge in [-0.05, 0) is 66.0 Å². The predicted molar refractivity (Wildman–Crippen MR) is 122 cm³/mol. The SMILES string of the molecule is CCCCc1ccc(C2=Cc3ccc(-c4ccc(CC)c(F)c4F)c(F)c3CC2)c(F)c1. The molecule has 0 atom stereocenters. The van der Waals surface area contributed by atoms with Crippen molar-refractivity contribution in [1.29, 1.82) is 0 Å². The largest absolute Gasteiger partial charge is 0.206 e. The van der Waals surface area contributed by atoms with Gasteiger partial charge in [-0.1, -0.05) is 62.7 Å². The molecule has 3 aromatic rings. The van der Waals surface area contributed by atoms with Crippen LogP contribution < -0.4 is 0 Å². The van der Waals surface area contributed by atoms with Crippen LogP contribution in [0.5, 0.6) is 0 Å². The number of fused-ring (bicyclic) bond motifs is 1. The zero-order chi connectivity index (χ0) is 22.8. The minimum absolute atomic E-state index is 0.0473. The van der Waals surface area contributed by atoms with Gasteiger partial charge in [-0.2, -0.15) is 0 Å². The number of unbranched alkanes of at least 4 members (excludes halogenated alkanes) is 1. The molecule has 0 spiro atoms. The fourth-order valence-corrected chi connectivity index (χ4v) is 4.39. The number of rotatable bonds is 6. The summed E-state index contributed by atoms with van der Waals surface area (Å²) in [6, 6.07) is 11.4. The van der Waals surface area contributed by atoms with Gasteiger partial charge in [0.15, 0.2) is 11.6 Å². The van der Waals surface area contributed by atoms with E-state index in [0.29, 0.717) is 36.0 Å². The summed E-state index contributed by atoms with van der Waals surface area (Å²) < 4.78 is 58.9. The van der Waals surface area contributed by atoms with Gasteiger partial charge >= 0.3 is 0 Å². The Hall–Kier alpha value is -2.88. The lowest BCUT2D eigenvalue weighted by Crippen LogP contribution is -2.06. The number of hydrogen-bond donors (Lipinski definition) is 0. The summed E-state index contributed by atoms with van der Waals surface area (Å²) in [5.41, 5.74) is 3.65.